The number of hydrogen-bond acceptors (Lipinski definition) is 8. The molecule has 1 aliphatic rings. The Morgan fingerprint density at radius 3 is 2.61 bits per heavy atom. The molecule has 1 aliphatic heterocycles. The second-order valence-corrected chi connectivity index (χ2v) is 9.11. The summed E-state index contributed by atoms with van der Waals surface area (Å²) >= 11 is 12.5. The predicted molar refractivity (Wildman–Crippen MR) is 141 cm³/mol. The quantitative estimate of drug-likeness (QED) is 0.188. The summed E-state index contributed by atoms with van der Waals surface area (Å²) in [6, 6.07) is 15.2. The van der Waals surface area contributed by atoms with Crippen molar-refractivity contribution in [2.75, 3.05) is 58.1 Å². The van der Waals surface area contributed by atoms with Crippen LogP contribution in [0.1, 0.15) is 12.8 Å². The van der Waals surface area contributed by atoms with Gasteiger partial charge in [-0.05, 0) is 49.7 Å². The minimum atomic E-state index is -0.809. The van der Waals surface area contributed by atoms with E-state index >= 15 is 0 Å². The van der Waals surface area contributed by atoms with Gasteiger partial charge in [-0.15, -0.1) is 0 Å². The second-order valence-electron chi connectivity index (χ2n) is 8.32. The zero-order valence-electron chi connectivity index (χ0n) is 20.1. The standard InChI is InChI=1S/C26H29Cl2N3O5/c1-33-26(32)36-18-35-24-10-8-19-7-9-20(17-22(19)29-24)34-16-3-2-11-30-12-14-31(15-13-30)23-6-4-5-21(27)25(23)28/h4-10,17H,2-3,11-16,18H2,1H3. The van der Waals surface area contributed by atoms with Gasteiger partial charge in [-0.1, -0.05) is 29.3 Å². The number of piperazine rings is 1. The lowest BCUT2D eigenvalue weighted by Gasteiger charge is -2.36. The van der Waals surface area contributed by atoms with E-state index in [-0.39, 0.29) is 6.79 Å². The monoisotopic (exact) mass is 533 g/mol. The molecule has 36 heavy (non-hydrogen) atoms. The topological polar surface area (TPSA) is 73.4 Å². The molecule has 192 valence electrons. The van der Waals surface area contributed by atoms with E-state index in [0.717, 1.165) is 67.9 Å². The fourth-order valence-electron chi connectivity index (χ4n) is 4.02. The minimum absolute atomic E-state index is 0.273. The molecule has 1 saturated heterocycles. The van der Waals surface area contributed by atoms with Gasteiger partial charge < -0.3 is 23.8 Å². The van der Waals surface area contributed by atoms with Crippen molar-refractivity contribution < 1.29 is 23.7 Å². The molecule has 0 amide bonds. The van der Waals surface area contributed by atoms with Crippen molar-refractivity contribution in [1.82, 2.24) is 9.88 Å². The molecule has 4 rings (SSSR count). The maximum Gasteiger partial charge on any atom is 0.510 e. The van der Waals surface area contributed by atoms with Crippen LogP contribution < -0.4 is 14.4 Å². The lowest BCUT2D eigenvalue weighted by molar-refractivity contribution is 0.0134. The summed E-state index contributed by atoms with van der Waals surface area (Å²) in [4.78, 5) is 20.2. The normalized spacial score (nSPS) is 14.0. The van der Waals surface area contributed by atoms with E-state index in [0.29, 0.717) is 22.5 Å². The first-order valence-electron chi connectivity index (χ1n) is 11.8. The van der Waals surface area contributed by atoms with E-state index in [1.54, 1.807) is 6.07 Å². The van der Waals surface area contributed by atoms with Crippen LogP contribution in [0.5, 0.6) is 11.6 Å². The van der Waals surface area contributed by atoms with Crippen LogP contribution in [0.4, 0.5) is 10.5 Å². The van der Waals surface area contributed by atoms with Gasteiger partial charge in [0, 0.05) is 43.7 Å². The van der Waals surface area contributed by atoms with Crippen LogP contribution >= 0.6 is 23.2 Å². The first kappa shape index (κ1) is 26.1. The summed E-state index contributed by atoms with van der Waals surface area (Å²) in [6.07, 6.45) is 1.21. The Morgan fingerprint density at radius 1 is 1.00 bits per heavy atom. The van der Waals surface area contributed by atoms with Gasteiger partial charge in [0.1, 0.15) is 5.75 Å². The molecule has 3 aromatic rings. The molecule has 0 atom stereocenters. The van der Waals surface area contributed by atoms with Crippen LogP contribution in [0.15, 0.2) is 48.5 Å². The van der Waals surface area contributed by atoms with Gasteiger partial charge in [-0.25, -0.2) is 9.78 Å². The number of unbranched alkanes of at least 4 members (excludes halogenated alkanes) is 1. The molecule has 0 saturated carbocycles. The molecule has 0 N–H and O–H groups in total. The van der Waals surface area contributed by atoms with E-state index in [9.17, 15) is 4.79 Å². The van der Waals surface area contributed by atoms with Crippen LogP contribution in [0.25, 0.3) is 10.9 Å². The third-order valence-corrected chi connectivity index (χ3v) is 6.78. The van der Waals surface area contributed by atoms with Crippen molar-refractivity contribution in [3.8, 4) is 11.6 Å². The molecule has 10 heteroatoms. The highest BCUT2D eigenvalue weighted by Crippen LogP contribution is 2.33. The van der Waals surface area contributed by atoms with Gasteiger partial charge in [0.25, 0.3) is 0 Å². The second kappa shape index (κ2) is 12.9. The number of nitrogens with zero attached hydrogens (tertiary/aromatic N) is 3. The maximum atomic E-state index is 11.0. The fraction of sp³-hybridized carbons (Fsp3) is 0.385. The molecule has 8 nitrogen and oxygen atoms in total. The largest absolute Gasteiger partial charge is 0.510 e. The maximum absolute atomic E-state index is 11.0. The molecular weight excluding hydrogens is 505 g/mol. The van der Waals surface area contributed by atoms with Crippen LogP contribution in [-0.4, -0.2) is 69.3 Å². The Kier molecular flexibility index (Phi) is 9.33. The Hall–Kier alpha value is -2.94. The molecule has 0 aliphatic carbocycles. The Bertz CT molecular complexity index is 1170. The molecule has 1 fully saturated rings. The molecule has 0 bridgehead atoms. The summed E-state index contributed by atoms with van der Waals surface area (Å²) in [5, 5.41) is 2.18. The van der Waals surface area contributed by atoms with Gasteiger partial charge >= 0.3 is 6.16 Å². The number of carbonyl (C=O) groups excluding carboxylic acids is 1. The highest BCUT2D eigenvalue weighted by atomic mass is 35.5. The molecule has 0 unspecified atom stereocenters. The van der Waals surface area contributed by atoms with Crippen LogP contribution in [0, 0.1) is 0 Å². The summed E-state index contributed by atoms with van der Waals surface area (Å²) < 4.78 is 20.4. The van der Waals surface area contributed by atoms with Crippen molar-refractivity contribution in [1.29, 1.82) is 0 Å². The summed E-state index contributed by atoms with van der Waals surface area (Å²) in [5.41, 5.74) is 1.75. The van der Waals surface area contributed by atoms with Gasteiger partial charge in [0.15, 0.2) is 0 Å². The van der Waals surface area contributed by atoms with Crippen molar-refractivity contribution in [2.45, 2.75) is 12.8 Å². The highest BCUT2D eigenvalue weighted by Gasteiger charge is 2.19. The number of anilines is 1. The zero-order chi connectivity index (χ0) is 25.3. The molecule has 0 radical (unpaired) electrons. The van der Waals surface area contributed by atoms with Gasteiger partial charge in [0.2, 0.25) is 12.7 Å². The Balaban J connectivity index is 1.17. The van der Waals surface area contributed by atoms with Crippen molar-refractivity contribution in [3.63, 3.8) is 0 Å². The number of halogens is 2. The summed E-state index contributed by atoms with van der Waals surface area (Å²) in [5.74, 6) is 1.10. The van der Waals surface area contributed by atoms with Crippen molar-refractivity contribution in [3.05, 3.63) is 58.6 Å². The lowest BCUT2D eigenvalue weighted by atomic mass is 10.2. The Labute approximate surface area is 220 Å². The SMILES string of the molecule is COC(=O)OCOc1ccc2ccc(OCCCCN3CCN(c4cccc(Cl)c4Cl)CC3)cc2n1. The number of pyridine rings is 1. The van der Waals surface area contributed by atoms with E-state index in [1.807, 2.05) is 42.5 Å². The smallest absolute Gasteiger partial charge is 0.494 e. The third-order valence-electron chi connectivity index (χ3n) is 5.97. The van der Waals surface area contributed by atoms with Crippen LogP contribution in [0.2, 0.25) is 10.0 Å². The number of rotatable bonds is 10. The number of benzene rings is 2. The number of fused-ring (bicyclic) bond motifs is 1. The average Bonchev–Trinajstić information content (AvgIpc) is 2.90. The third kappa shape index (κ3) is 7.06. The van der Waals surface area contributed by atoms with E-state index in [4.69, 9.17) is 37.4 Å². The molecule has 0 spiro atoms. The first-order valence-corrected chi connectivity index (χ1v) is 12.6. The van der Waals surface area contributed by atoms with Crippen molar-refractivity contribution >= 4 is 45.9 Å². The predicted octanol–water partition coefficient (Wildman–Crippen LogP) is 5.64. The fourth-order valence-corrected chi connectivity index (χ4v) is 4.44. The lowest BCUT2D eigenvalue weighted by Crippen LogP contribution is -2.46. The Morgan fingerprint density at radius 2 is 1.81 bits per heavy atom. The van der Waals surface area contributed by atoms with Crippen LogP contribution in [-0.2, 0) is 9.47 Å². The molecule has 1 aromatic heterocycles. The summed E-state index contributed by atoms with van der Waals surface area (Å²) in [6.45, 7) is 5.25. The number of hydrogen-bond donors (Lipinski definition) is 0. The molecular formula is C26H29Cl2N3O5. The van der Waals surface area contributed by atoms with Gasteiger partial charge in [0.05, 0.1) is 35.0 Å². The van der Waals surface area contributed by atoms with Gasteiger partial charge in [-0.2, -0.15) is 0 Å². The number of ether oxygens (including phenoxy) is 4. The van der Waals surface area contributed by atoms with Crippen LogP contribution in [0.3, 0.4) is 0 Å². The van der Waals surface area contributed by atoms with Gasteiger partial charge in [-0.3, -0.25) is 4.90 Å². The first-order chi connectivity index (χ1) is 17.5. The van der Waals surface area contributed by atoms with E-state index < -0.39 is 6.16 Å². The summed E-state index contributed by atoms with van der Waals surface area (Å²) in [7, 11) is 1.24. The minimum Gasteiger partial charge on any atom is -0.494 e. The average molecular weight is 534 g/mol. The zero-order valence-corrected chi connectivity index (χ0v) is 21.6. The highest BCUT2D eigenvalue weighted by molar-refractivity contribution is 6.43. The number of carbonyl (C=O) groups is 1. The molecule has 2 heterocycles. The molecule has 2 aromatic carbocycles. The number of aromatic nitrogens is 1. The van der Waals surface area contributed by atoms with E-state index in [1.165, 1.54) is 7.11 Å². The van der Waals surface area contributed by atoms with Crippen molar-refractivity contribution in [2.24, 2.45) is 0 Å². The number of methoxy groups -OCH3 is 1. The van der Waals surface area contributed by atoms with E-state index in [2.05, 4.69) is 19.5 Å².